The van der Waals surface area contributed by atoms with Crippen LogP contribution in [0, 0.1) is 5.92 Å². The highest BCUT2D eigenvalue weighted by Gasteiger charge is 2.59. The molecule has 4 aromatic rings. The fourth-order valence-electron chi connectivity index (χ4n) is 5.79. The van der Waals surface area contributed by atoms with E-state index in [-0.39, 0.29) is 5.54 Å². The monoisotopic (exact) mass is 425 g/mol. The summed E-state index contributed by atoms with van der Waals surface area (Å²) in [5.74, 6) is 2.66. The summed E-state index contributed by atoms with van der Waals surface area (Å²) < 4.78 is 4.05. The number of hydrogen-bond donors (Lipinski definition) is 0. The van der Waals surface area contributed by atoms with Gasteiger partial charge in [0.25, 0.3) is 0 Å². The largest absolute Gasteiger partial charge is 0.372 e. The molecule has 0 radical (unpaired) electrons. The molecule has 0 amide bonds. The number of aromatic nitrogens is 6. The van der Waals surface area contributed by atoms with E-state index in [2.05, 4.69) is 56.3 Å². The van der Waals surface area contributed by atoms with E-state index in [0.29, 0.717) is 0 Å². The molecule has 2 aromatic heterocycles. The van der Waals surface area contributed by atoms with Crippen LogP contribution < -0.4 is 4.90 Å². The topological polar surface area (TPSA) is 64.7 Å². The summed E-state index contributed by atoms with van der Waals surface area (Å²) >= 11 is 0. The average Bonchev–Trinajstić information content (AvgIpc) is 3.37. The molecule has 2 bridgehead atoms. The fourth-order valence-corrected chi connectivity index (χ4v) is 5.79. The minimum Gasteiger partial charge on any atom is -0.372 e. The Morgan fingerprint density at radius 2 is 1.66 bits per heavy atom. The fraction of sp³-hybridized carbons (Fsp3) is 0.440. The molecule has 4 fully saturated rings. The molecule has 1 saturated heterocycles. The van der Waals surface area contributed by atoms with Crippen molar-refractivity contribution in [1.29, 1.82) is 0 Å². The van der Waals surface area contributed by atoms with Crippen molar-refractivity contribution in [2.75, 3.05) is 18.0 Å². The van der Waals surface area contributed by atoms with E-state index in [0.717, 1.165) is 52.8 Å². The third kappa shape index (κ3) is 2.66. The Morgan fingerprint density at radius 3 is 2.38 bits per heavy atom. The lowest BCUT2D eigenvalue weighted by Gasteiger charge is -2.61. The maximum atomic E-state index is 5.07. The Morgan fingerprint density at radius 1 is 0.906 bits per heavy atom. The molecule has 3 heterocycles. The van der Waals surface area contributed by atoms with Crippen LogP contribution in [0.3, 0.4) is 0 Å². The zero-order chi connectivity index (χ0) is 21.3. The number of anilines is 1. The summed E-state index contributed by atoms with van der Waals surface area (Å²) in [6, 6.07) is 15.1. The lowest BCUT2D eigenvalue weighted by Crippen LogP contribution is -2.59. The van der Waals surface area contributed by atoms with Crippen molar-refractivity contribution in [1.82, 2.24) is 29.8 Å². The number of aryl methyl sites for hydroxylation is 1. The van der Waals surface area contributed by atoms with Crippen molar-refractivity contribution >= 4 is 16.7 Å². The van der Waals surface area contributed by atoms with Crippen molar-refractivity contribution < 1.29 is 0 Å². The van der Waals surface area contributed by atoms with Gasteiger partial charge in [-0.25, -0.2) is 14.3 Å². The van der Waals surface area contributed by atoms with Gasteiger partial charge in [0.15, 0.2) is 11.6 Å². The number of piperidine rings is 1. The van der Waals surface area contributed by atoms with Crippen molar-refractivity contribution in [3.05, 3.63) is 42.5 Å². The Balaban J connectivity index is 1.29. The molecule has 7 nitrogen and oxygen atoms in total. The zero-order valence-corrected chi connectivity index (χ0v) is 18.4. The van der Waals surface area contributed by atoms with Crippen LogP contribution in [0.5, 0.6) is 0 Å². The lowest BCUT2D eigenvalue weighted by molar-refractivity contribution is -0.0965. The molecule has 7 heteroatoms. The van der Waals surface area contributed by atoms with Gasteiger partial charge in [-0.05, 0) is 86.9 Å². The predicted molar refractivity (Wildman–Crippen MR) is 124 cm³/mol. The molecule has 0 unspecified atom stereocenters. The van der Waals surface area contributed by atoms with Gasteiger partial charge in [0.1, 0.15) is 5.52 Å². The highest BCUT2D eigenvalue weighted by molar-refractivity contribution is 5.80. The molecule has 3 aliphatic carbocycles. The van der Waals surface area contributed by atoms with E-state index in [9.17, 15) is 0 Å². The van der Waals surface area contributed by atoms with E-state index in [1.807, 2.05) is 17.8 Å². The molecule has 0 spiro atoms. The van der Waals surface area contributed by atoms with Crippen LogP contribution in [0.2, 0.25) is 0 Å². The minimum absolute atomic E-state index is 0.165. The van der Waals surface area contributed by atoms with Gasteiger partial charge in [-0.1, -0.05) is 5.21 Å². The van der Waals surface area contributed by atoms with Crippen molar-refractivity contribution in [2.45, 2.75) is 44.1 Å². The van der Waals surface area contributed by atoms with Crippen LogP contribution in [0.25, 0.3) is 33.8 Å². The summed E-state index contributed by atoms with van der Waals surface area (Å²) in [5, 5.41) is 13.5. The van der Waals surface area contributed by atoms with E-state index in [4.69, 9.17) is 10.1 Å². The first-order chi connectivity index (χ1) is 15.7. The maximum Gasteiger partial charge on any atom is 0.181 e. The zero-order valence-electron chi connectivity index (χ0n) is 18.4. The van der Waals surface area contributed by atoms with Gasteiger partial charge in [0.2, 0.25) is 0 Å². The second-order valence-corrected chi connectivity index (χ2v) is 9.88. The summed E-state index contributed by atoms with van der Waals surface area (Å²) in [6.45, 7) is 2.32. The van der Waals surface area contributed by atoms with Gasteiger partial charge in [-0.2, -0.15) is 0 Å². The maximum absolute atomic E-state index is 5.07. The SMILES string of the molecule is Cn1nnc2ccc(-c3nc(-c4ccc(N5CCCCC5)cc4)nn3C34CC(C3)C4)cc21. The highest BCUT2D eigenvalue weighted by atomic mass is 15.4. The molecule has 2 aromatic carbocycles. The van der Waals surface area contributed by atoms with Gasteiger partial charge in [0.05, 0.1) is 11.1 Å². The van der Waals surface area contributed by atoms with E-state index >= 15 is 0 Å². The van der Waals surface area contributed by atoms with Crippen molar-refractivity contribution in [3.63, 3.8) is 0 Å². The quantitative estimate of drug-likeness (QED) is 0.485. The molecule has 162 valence electrons. The van der Waals surface area contributed by atoms with E-state index in [1.165, 1.54) is 44.2 Å². The number of benzene rings is 2. The Hall–Kier alpha value is -3.22. The normalized spacial score (nSPS) is 24.4. The van der Waals surface area contributed by atoms with Gasteiger partial charge in [-0.3, -0.25) is 0 Å². The number of nitrogens with zero attached hydrogens (tertiary/aromatic N) is 7. The number of hydrogen-bond acceptors (Lipinski definition) is 5. The first kappa shape index (κ1) is 18.4. The van der Waals surface area contributed by atoms with Crippen LogP contribution in [0.15, 0.2) is 42.5 Å². The Labute approximate surface area is 187 Å². The molecular weight excluding hydrogens is 398 g/mol. The Kier molecular flexibility index (Phi) is 3.81. The second-order valence-electron chi connectivity index (χ2n) is 9.88. The lowest BCUT2D eigenvalue weighted by atomic mass is 9.50. The first-order valence-corrected chi connectivity index (χ1v) is 11.8. The number of rotatable bonds is 4. The van der Waals surface area contributed by atoms with Gasteiger partial charge < -0.3 is 4.90 Å². The van der Waals surface area contributed by atoms with Crippen molar-refractivity contribution in [3.8, 4) is 22.8 Å². The van der Waals surface area contributed by atoms with Crippen LogP contribution >= 0.6 is 0 Å². The smallest absolute Gasteiger partial charge is 0.181 e. The summed E-state index contributed by atoms with van der Waals surface area (Å²) in [7, 11) is 1.93. The minimum atomic E-state index is 0.165. The van der Waals surface area contributed by atoms with Crippen LogP contribution in [-0.2, 0) is 12.6 Å². The van der Waals surface area contributed by atoms with Crippen LogP contribution in [-0.4, -0.2) is 42.8 Å². The van der Waals surface area contributed by atoms with E-state index < -0.39 is 0 Å². The van der Waals surface area contributed by atoms with Gasteiger partial charge in [-0.15, -0.1) is 10.2 Å². The molecule has 4 aliphatic rings. The summed E-state index contributed by atoms with van der Waals surface area (Å²) in [6.07, 6.45) is 7.61. The molecule has 8 rings (SSSR count). The second kappa shape index (κ2) is 6.64. The summed E-state index contributed by atoms with van der Waals surface area (Å²) in [4.78, 5) is 7.56. The molecule has 3 saturated carbocycles. The predicted octanol–water partition coefficient (Wildman–Crippen LogP) is 4.39. The highest BCUT2D eigenvalue weighted by Crippen LogP contribution is 2.62. The summed E-state index contributed by atoms with van der Waals surface area (Å²) in [5.41, 5.74) is 5.56. The van der Waals surface area contributed by atoms with Crippen molar-refractivity contribution in [2.24, 2.45) is 13.0 Å². The van der Waals surface area contributed by atoms with Crippen LogP contribution in [0.4, 0.5) is 5.69 Å². The molecule has 1 aliphatic heterocycles. The standard InChI is InChI=1S/C25H27N7/c1-30-22-13-19(7-10-21(22)27-29-30)24-26-23(28-32(24)25-14-17(15-25)16-25)18-5-8-20(9-6-18)31-11-3-2-4-12-31/h5-10,13,17H,2-4,11-12,14-16H2,1H3. The molecular formula is C25H27N7. The first-order valence-electron chi connectivity index (χ1n) is 11.8. The van der Waals surface area contributed by atoms with Crippen LogP contribution in [0.1, 0.15) is 38.5 Å². The number of fused-ring (bicyclic) bond motifs is 1. The molecule has 32 heavy (non-hydrogen) atoms. The van der Waals surface area contributed by atoms with Gasteiger partial charge >= 0.3 is 0 Å². The van der Waals surface area contributed by atoms with Gasteiger partial charge in [0, 0.05) is 37.0 Å². The third-order valence-corrected chi connectivity index (χ3v) is 7.78. The third-order valence-electron chi connectivity index (χ3n) is 7.78. The molecule has 0 atom stereocenters. The average molecular weight is 426 g/mol. The van der Waals surface area contributed by atoms with E-state index in [1.54, 1.807) is 0 Å². The molecule has 0 N–H and O–H groups in total. The Bertz CT molecular complexity index is 1290.